The van der Waals surface area contributed by atoms with Gasteiger partial charge in [0.1, 0.15) is 11.9 Å². The van der Waals surface area contributed by atoms with Crippen molar-refractivity contribution in [2.75, 3.05) is 7.11 Å². The fourth-order valence-corrected chi connectivity index (χ4v) is 5.69. The summed E-state index contributed by atoms with van der Waals surface area (Å²) in [6.07, 6.45) is 2.05. The second-order valence-electron chi connectivity index (χ2n) is 10.8. The van der Waals surface area contributed by atoms with Gasteiger partial charge in [0.2, 0.25) is 0 Å². The van der Waals surface area contributed by atoms with E-state index >= 15 is 0 Å². The smallest absolute Gasteiger partial charge is 0.302 e. The third kappa shape index (κ3) is 5.91. The monoisotopic (exact) mass is 475 g/mol. The summed E-state index contributed by atoms with van der Waals surface area (Å²) in [6.45, 7) is 14.1. The van der Waals surface area contributed by atoms with Crippen LogP contribution in [-0.2, 0) is 16.0 Å². The Bertz CT molecular complexity index is 870. The maximum Gasteiger partial charge on any atom is 0.302 e. The zero-order chi connectivity index (χ0) is 25.0. The third-order valence-corrected chi connectivity index (χ3v) is 12.0. The summed E-state index contributed by atoms with van der Waals surface area (Å²) in [6, 6.07) is 8.33. The Labute approximate surface area is 200 Å². The highest BCUT2D eigenvalue weighted by atomic mass is 28.4. The molecule has 0 aliphatic heterocycles. The van der Waals surface area contributed by atoms with Gasteiger partial charge in [-0.2, -0.15) is 5.26 Å². The van der Waals surface area contributed by atoms with Gasteiger partial charge in [0.25, 0.3) is 8.32 Å². The molecule has 0 aromatic heterocycles. The van der Waals surface area contributed by atoms with Crippen LogP contribution in [0.4, 0.5) is 0 Å². The van der Waals surface area contributed by atoms with Gasteiger partial charge in [-0.15, -0.1) is 0 Å². The van der Waals surface area contributed by atoms with E-state index in [2.05, 4.69) is 39.9 Å². The Morgan fingerprint density at radius 3 is 2.55 bits per heavy atom. The molecular weight excluding hydrogens is 434 g/mol. The first-order valence-electron chi connectivity index (χ1n) is 11.9. The largest absolute Gasteiger partial charge is 0.541 e. The lowest BCUT2D eigenvalue weighted by Crippen LogP contribution is -2.49. The third-order valence-electron chi connectivity index (χ3n) is 7.62. The first-order chi connectivity index (χ1) is 15.3. The number of benzene rings is 1. The van der Waals surface area contributed by atoms with Crippen molar-refractivity contribution >= 4 is 14.3 Å². The second kappa shape index (κ2) is 10.5. The normalized spacial score (nSPS) is 24.5. The number of aliphatic hydroxyl groups is 1. The minimum atomic E-state index is -2.06. The predicted molar refractivity (Wildman–Crippen MR) is 132 cm³/mol. The van der Waals surface area contributed by atoms with E-state index in [1.165, 1.54) is 6.92 Å². The molecule has 0 amide bonds. The predicted octanol–water partition coefficient (Wildman–Crippen LogP) is 5.63. The number of aliphatic hydroxyl groups excluding tert-OH is 1. The molecule has 6 nitrogen and oxygen atoms in total. The van der Waals surface area contributed by atoms with Gasteiger partial charge in [0.15, 0.2) is 5.75 Å². The number of carbonyl (C=O) groups excluding carboxylic acids is 1. The van der Waals surface area contributed by atoms with Gasteiger partial charge in [-0.25, -0.2) is 0 Å². The summed E-state index contributed by atoms with van der Waals surface area (Å²) in [4.78, 5) is 11.8. The molecule has 1 aliphatic rings. The standard InChI is InChI=1S/C26H41NO5Si/c1-18(28)26(17-27)16-10-13-22(31-19(2)29)21(26)15-14-20-11-9-12-23(24(20)30-6)32-33(7,8)25(3,4)5/h9,11-12,18,21-22,28H,10,13-16H2,1-8H3/t18?,21-,22?,26?/m1/s1. The number of ether oxygens (including phenoxy) is 2. The van der Waals surface area contributed by atoms with Crippen molar-refractivity contribution < 1.29 is 23.8 Å². The number of esters is 1. The van der Waals surface area contributed by atoms with E-state index in [9.17, 15) is 15.2 Å². The number of carbonyl (C=O) groups is 1. The van der Waals surface area contributed by atoms with Crippen LogP contribution in [0.2, 0.25) is 18.1 Å². The van der Waals surface area contributed by atoms with Crippen LogP contribution in [0.3, 0.4) is 0 Å². The Hall–Kier alpha value is -2.04. The van der Waals surface area contributed by atoms with E-state index in [1.54, 1.807) is 14.0 Å². The molecule has 2 rings (SSSR count). The minimum absolute atomic E-state index is 0.0526. The molecular formula is C26H41NO5Si. The zero-order valence-electron chi connectivity index (χ0n) is 21.5. The lowest BCUT2D eigenvalue weighted by molar-refractivity contribution is -0.158. The number of hydrogen-bond acceptors (Lipinski definition) is 6. The number of nitriles is 1. The lowest BCUT2D eigenvalue weighted by Gasteiger charge is -2.45. The van der Waals surface area contributed by atoms with Crippen molar-refractivity contribution in [3.63, 3.8) is 0 Å². The minimum Gasteiger partial charge on any atom is -0.541 e. The fourth-order valence-electron chi connectivity index (χ4n) is 4.67. The average Bonchev–Trinajstić information content (AvgIpc) is 2.71. The van der Waals surface area contributed by atoms with Gasteiger partial charge >= 0.3 is 5.97 Å². The molecule has 1 saturated carbocycles. The SMILES string of the molecule is COc1c(CC[C@@H]2C(OC(C)=O)CCCC2(C#N)C(C)O)cccc1O[Si](C)(C)C(C)(C)C. The Morgan fingerprint density at radius 1 is 1.36 bits per heavy atom. The number of hydrogen-bond donors (Lipinski definition) is 1. The molecule has 1 aromatic rings. The van der Waals surface area contributed by atoms with Crippen LogP contribution in [-0.4, -0.2) is 38.7 Å². The van der Waals surface area contributed by atoms with Crippen molar-refractivity contribution in [1.29, 1.82) is 5.26 Å². The van der Waals surface area contributed by atoms with E-state index in [0.717, 1.165) is 17.7 Å². The molecule has 1 N–H and O–H groups in total. The molecule has 0 radical (unpaired) electrons. The van der Waals surface area contributed by atoms with Gasteiger partial charge in [0, 0.05) is 12.8 Å². The van der Waals surface area contributed by atoms with Gasteiger partial charge < -0.3 is 19.0 Å². The molecule has 1 fully saturated rings. The molecule has 0 heterocycles. The van der Waals surface area contributed by atoms with Crippen LogP contribution >= 0.6 is 0 Å². The number of para-hydroxylation sites is 1. The quantitative estimate of drug-likeness (QED) is 0.387. The molecule has 0 spiro atoms. The average molecular weight is 476 g/mol. The highest BCUT2D eigenvalue weighted by molar-refractivity contribution is 6.74. The summed E-state index contributed by atoms with van der Waals surface area (Å²) < 4.78 is 18.0. The van der Waals surface area contributed by atoms with E-state index in [4.69, 9.17) is 13.9 Å². The molecule has 4 atom stereocenters. The number of aryl methyl sites for hydroxylation is 1. The van der Waals surface area contributed by atoms with E-state index in [0.29, 0.717) is 31.4 Å². The fraction of sp³-hybridized carbons (Fsp3) is 0.692. The zero-order valence-corrected chi connectivity index (χ0v) is 22.5. The highest BCUT2D eigenvalue weighted by Crippen LogP contribution is 2.48. The van der Waals surface area contributed by atoms with Crippen LogP contribution in [0.15, 0.2) is 18.2 Å². The second-order valence-corrected chi connectivity index (χ2v) is 15.5. The highest BCUT2D eigenvalue weighted by Gasteiger charge is 2.50. The Kier molecular flexibility index (Phi) is 8.64. The summed E-state index contributed by atoms with van der Waals surface area (Å²) >= 11 is 0. The van der Waals surface area contributed by atoms with Crippen LogP contribution < -0.4 is 9.16 Å². The van der Waals surface area contributed by atoms with Gasteiger partial charge in [0.05, 0.1) is 24.7 Å². The summed E-state index contributed by atoms with van der Waals surface area (Å²) in [5.41, 5.74) is 0.0409. The van der Waals surface area contributed by atoms with E-state index < -0.39 is 19.8 Å². The van der Waals surface area contributed by atoms with Crippen LogP contribution in [0.5, 0.6) is 11.5 Å². The summed E-state index contributed by atoms with van der Waals surface area (Å²) in [7, 11) is -0.410. The number of methoxy groups -OCH3 is 1. The van der Waals surface area contributed by atoms with E-state index in [1.807, 2.05) is 18.2 Å². The van der Waals surface area contributed by atoms with Crippen molar-refractivity contribution in [2.45, 2.75) is 97.1 Å². The summed E-state index contributed by atoms with van der Waals surface area (Å²) in [5.74, 6) is 0.826. The maximum atomic E-state index is 11.8. The molecule has 33 heavy (non-hydrogen) atoms. The van der Waals surface area contributed by atoms with Crippen molar-refractivity contribution in [3.05, 3.63) is 23.8 Å². The van der Waals surface area contributed by atoms with Gasteiger partial charge in [-0.1, -0.05) is 32.9 Å². The first-order valence-corrected chi connectivity index (χ1v) is 14.8. The van der Waals surface area contributed by atoms with Crippen molar-refractivity contribution in [3.8, 4) is 17.6 Å². The number of nitrogens with zero attached hydrogens (tertiary/aromatic N) is 1. The molecule has 1 aliphatic carbocycles. The first kappa shape index (κ1) is 27.2. The van der Waals surface area contributed by atoms with Crippen LogP contribution in [0.1, 0.15) is 65.9 Å². The van der Waals surface area contributed by atoms with Crippen molar-refractivity contribution in [1.82, 2.24) is 0 Å². The van der Waals surface area contributed by atoms with Crippen molar-refractivity contribution in [2.24, 2.45) is 11.3 Å². The Balaban J connectivity index is 2.37. The van der Waals surface area contributed by atoms with Crippen LogP contribution in [0, 0.1) is 22.7 Å². The molecule has 184 valence electrons. The van der Waals surface area contributed by atoms with Gasteiger partial charge in [-0.3, -0.25) is 4.79 Å². The van der Waals surface area contributed by atoms with Gasteiger partial charge in [-0.05, 0) is 68.8 Å². The Morgan fingerprint density at radius 2 is 2.03 bits per heavy atom. The molecule has 0 saturated heterocycles. The molecule has 1 aromatic carbocycles. The van der Waals surface area contributed by atoms with E-state index in [-0.39, 0.29) is 23.0 Å². The lowest BCUT2D eigenvalue weighted by atomic mass is 9.61. The summed E-state index contributed by atoms with van der Waals surface area (Å²) in [5, 5.41) is 20.7. The number of rotatable bonds is 8. The molecule has 7 heteroatoms. The molecule has 0 bridgehead atoms. The van der Waals surface area contributed by atoms with Crippen LogP contribution in [0.25, 0.3) is 0 Å². The topological polar surface area (TPSA) is 88.8 Å². The molecule has 3 unspecified atom stereocenters. The maximum absolute atomic E-state index is 11.8.